The predicted molar refractivity (Wildman–Crippen MR) is 121 cm³/mol. The van der Waals surface area contributed by atoms with Crippen molar-refractivity contribution in [1.82, 2.24) is 9.78 Å². The van der Waals surface area contributed by atoms with E-state index in [-0.39, 0.29) is 24.0 Å². The van der Waals surface area contributed by atoms with E-state index in [1.807, 2.05) is 42.1 Å². The first kappa shape index (κ1) is 19.4. The highest BCUT2D eigenvalue weighted by Crippen LogP contribution is 2.24. The number of aryl methyl sites for hydroxylation is 3. The van der Waals surface area contributed by atoms with Gasteiger partial charge >= 0.3 is 0 Å². The van der Waals surface area contributed by atoms with E-state index < -0.39 is 0 Å². The Kier molecular flexibility index (Phi) is 6.15. The summed E-state index contributed by atoms with van der Waals surface area (Å²) in [5, 5.41) is 7.70. The van der Waals surface area contributed by atoms with Gasteiger partial charge in [-0.15, -0.1) is 24.0 Å². The summed E-state index contributed by atoms with van der Waals surface area (Å²) in [6.07, 6.45) is 5.54. The van der Waals surface area contributed by atoms with Gasteiger partial charge < -0.3 is 11.1 Å². The molecule has 3 aromatic rings. The zero-order valence-corrected chi connectivity index (χ0v) is 17.7. The molecule has 6 heteroatoms. The van der Waals surface area contributed by atoms with E-state index in [0.29, 0.717) is 12.5 Å². The smallest absolute Gasteiger partial charge is 0.193 e. The molecule has 0 fully saturated rings. The quantitative estimate of drug-likeness (QED) is 0.339. The lowest BCUT2D eigenvalue weighted by Crippen LogP contribution is -2.22. The Morgan fingerprint density at radius 3 is 2.78 bits per heavy atom. The number of fused-ring (bicyclic) bond motifs is 1. The largest absolute Gasteiger partial charge is 0.370 e. The fraction of sp³-hybridized carbons (Fsp3) is 0.238. The van der Waals surface area contributed by atoms with Crippen LogP contribution < -0.4 is 11.1 Å². The fourth-order valence-corrected chi connectivity index (χ4v) is 3.42. The van der Waals surface area contributed by atoms with Crippen molar-refractivity contribution in [2.45, 2.75) is 32.7 Å². The average molecular weight is 473 g/mol. The molecule has 140 valence electrons. The van der Waals surface area contributed by atoms with Gasteiger partial charge in [-0.25, -0.2) is 9.67 Å². The molecule has 27 heavy (non-hydrogen) atoms. The Morgan fingerprint density at radius 2 is 1.96 bits per heavy atom. The van der Waals surface area contributed by atoms with Crippen LogP contribution in [0.1, 0.15) is 28.8 Å². The molecular weight excluding hydrogens is 449 g/mol. The van der Waals surface area contributed by atoms with E-state index in [2.05, 4.69) is 39.7 Å². The van der Waals surface area contributed by atoms with Gasteiger partial charge in [0, 0.05) is 11.9 Å². The molecule has 0 radical (unpaired) electrons. The van der Waals surface area contributed by atoms with Gasteiger partial charge in [0.15, 0.2) is 5.96 Å². The monoisotopic (exact) mass is 473 g/mol. The van der Waals surface area contributed by atoms with Gasteiger partial charge in [0.1, 0.15) is 0 Å². The van der Waals surface area contributed by atoms with Crippen LogP contribution in [-0.2, 0) is 19.4 Å². The highest BCUT2D eigenvalue weighted by molar-refractivity contribution is 14.0. The fourth-order valence-electron chi connectivity index (χ4n) is 3.42. The van der Waals surface area contributed by atoms with Gasteiger partial charge in [0.2, 0.25) is 0 Å². The first-order valence-corrected chi connectivity index (χ1v) is 8.98. The van der Waals surface area contributed by atoms with Crippen molar-refractivity contribution in [3.63, 3.8) is 0 Å². The van der Waals surface area contributed by atoms with Crippen molar-refractivity contribution in [3.05, 3.63) is 77.1 Å². The lowest BCUT2D eigenvalue weighted by atomic mass is 10.1. The second-order valence-corrected chi connectivity index (χ2v) is 6.69. The molecule has 1 heterocycles. The predicted octanol–water partition coefficient (Wildman–Crippen LogP) is 4.21. The van der Waals surface area contributed by atoms with E-state index >= 15 is 0 Å². The maximum atomic E-state index is 6.11. The third-order valence-electron chi connectivity index (χ3n) is 4.75. The Balaban J connectivity index is 0.00000210. The van der Waals surface area contributed by atoms with Gasteiger partial charge in [-0.1, -0.05) is 24.3 Å². The zero-order chi connectivity index (χ0) is 17.9. The minimum Gasteiger partial charge on any atom is -0.370 e. The molecule has 1 aromatic heterocycles. The maximum Gasteiger partial charge on any atom is 0.193 e. The molecule has 0 bridgehead atoms. The van der Waals surface area contributed by atoms with Crippen LogP contribution in [0.5, 0.6) is 0 Å². The third kappa shape index (κ3) is 4.50. The average Bonchev–Trinajstić information content (AvgIpc) is 3.28. The van der Waals surface area contributed by atoms with E-state index in [4.69, 9.17) is 5.73 Å². The summed E-state index contributed by atoms with van der Waals surface area (Å²) in [6, 6.07) is 16.6. The summed E-state index contributed by atoms with van der Waals surface area (Å²) >= 11 is 0. The maximum absolute atomic E-state index is 6.11. The minimum atomic E-state index is 0. The van der Waals surface area contributed by atoms with Gasteiger partial charge in [-0.05, 0) is 67.1 Å². The van der Waals surface area contributed by atoms with E-state index in [1.165, 1.54) is 24.0 Å². The Hall–Kier alpha value is -2.35. The van der Waals surface area contributed by atoms with Crippen molar-refractivity contribution in [1.29, 1.82) is 0 Å². The molecule has 0 atom stereocenters. The number of benzene rings is 2. The van der Waals surface area contributed by atoms with Crippen molar-refractivity contribution >= 4 is 35.6 Å². The number of guanidine groups is 1. The third-order valence-corrected chi connectivity index (χ3v) is 4.75. The molecule has 1 aliphatic rings. The normalized spacial score (nSPS) is 13.1. The highest BCUT2D eigenvalue weighted by Gasteiger charge is 2.11. The van der Waals surface area contributed by atoms with Crippen LogP contribution in [0.25, 0.3) is 5.69 Å². The molecule has 3 N–H and O–H groups in total. The SMILES string of the molecule is Cc1ccn(-c2ccccc2CN=C(N)Nc2ccc3c(c2)CCC3)n1.I. The number of hydrogen-bond acceptors (Lipinski definition) is 2. The number of halogens is 1. The van der Waals surface area contributed by atoms with Crippen LogP contribution in [-0.4, -0.2) is 15.7 Å². The molecule has 2 aromatic carbocycles. The number of aromatic nitrogens is 2. The van der Waals surface area contributed by atoms with Gasteiger partial charge in [0.25, 0.3) is 0 Å². The lowest BCUT2D eigenvalue weighted by Gasteiger charge is -2.10. The van der Waals surface area contributed by atoms with Crippen molar-refractivity contribution in [3.8, 4) is 5.69 Å². The summed E-state index contributed by atoms with van der Waals surface area (Å²) in [5.41, 5.74) is 13.1. The first-order chi connectivity index (χ1) is 12.7. The van der Waals surface area contributed by atoms with E-state index in [1.54, 1.807) is 0 Å². The number of nitrogens with one attached hydrogen (secondary N) is 1. The van der Waals surface area contributed by atoms with Gasteiger partial charge in [-0.3, -0.25) is 0 Å². The molecule has 0 unspecified atom stereocenters. The molecule has 0 aliphatic heterocycles. The second-order valence-electron chi connectivity index (χ2n) is 6.69. The molecular formula is C21H24IN5. The number of nitrogens with zero attached hydrogens (tertiary/aromatic N) is 3. The summed E-state index contributed by atoms with van der Waals surface area (Å²) in [5.74, 6) is 0.425. The van der Waals surface area contributed by atoms with Crippen LogP contribution in [0.3, 0.4) is 0 Å². The number of anilines is 1. The lowest BCUT2D eigenvalue weighted by molar-refractivity contribution is 0.844. The summed E-state index contributed by atoms with van der Waals surface area (Å²) < 4.78 is 1.88. The standard InChI is InChI=1S/C21H23N5.HI/c1-15-11-12-26(25-15)20-8-3-2-5-18(20)14-23-21(22)24-19-10-9-16-6-4-7-17(16)13-19;/h2-3,5,8-13H,4,6-7,14H2,1H3,(H3,22,23,24);1H. The Morgan fingerprint density at radius 1 is 1.15 bits per heavy atom. The number of hydrogen-bond donors (Lipinski definition) is 2. The molecule has 0 saturated heterocycles. The Labute approximate surface area is 176 Å². The van der Waals surface area contributed by atoms with Crippen LogP contribution in [0.15, 0.2) is 59.7 Å². The summed E-state index contributed by atoms with van der Waals surface area (Å²) in [7, 11) is 0. The second kappa shape index (κ2) is 8.56. The van der Waals surface area contributed by atoms with Crippen LogP contribution >= 0.6 is 24.0 Å². The Bertz CT molecular complexity index is 961. The van der Waals surface area contributed by atoms with E-state index in [9.17, 15) is 0 Å². The highest BCUT2D eigenvalue weighted by atomic mass is 127. The van der Waals surface area contributed by atoms with Crippen molar-refractivity contribution in [2.75, 3.05) is 5.32 Å². The van der Waals surface area contributed by atoms with Gasteiger partial charge in [-0.2, -0.15) is 5.10 Å². The molecule has 4 rings (SSSR count). The molecule has 5 nitrogen and oxygen atoms in total. The topological polar surface area (TPSA) is 68.2 Å². The molecule has 1 aliphatic carbocycles. The van der Waals surface area contributed by atoms with Crippen LogP contribution in [0, 0.1) is 6.92 Å². The first-order valence-electron chi connectivity index (χ1n) is 8.98. The molecule has 0 amide bonds. The molecule has 0 spiro atoms. The number of para-hydroxylation sites is 1. The number of rotatable bonds is 4. The van der Waals surface area contributed by atoms with E-state index in [0.717, 1.165) is 29.1 Å². The van der Waals surface area contributed by atoms with Crippen LogP contribution in [0.4, 0.5) is 5.69 Å². The number of nitrogens with two attached hydrogens (primary N) is 1. The summed E-state index contributed by atoms with van der Waals surface area (Å²) in [6.45, 7) is 2.48. The minimum absolute atomic E-state index is 0. The van der Waals surface area contributed by atoms with Gasteiger partial charge in [0.05, 0.1) is 17.9 Å². The van der Waals surface area contributed by atoms with Crippen molar-refractivity contribution < 1.29 is 0 Å². The zero-order valence-electron chi connectivity index (χ0n) is 15.4. The van der Waals surface area contributed by atoms with Crippen molar-refractivity contribution in [2.24, 2.45) is 10.7 Å². The molecule has 0 saturated carbocycles. The summed E-state index contributed by atoms with van der Waals surface area (Å²) in [4.78, 5) is 4.52. The number of aliphatic imine (C=N–C) groups is 1. The van der Waals surface area contributed by atoms with Crippen LogP contribution in [0.2, 0.25) is 0 Å².